The van der Waals surface area contributed by atoms with Crippen LogP contribution in [0, 0.1) is 0 Å². The van der Waals surface area contributed by atoms with Crippen LogP contribution in [0.3, 0.4) is 0 Å². The van der Waals surface area contributed by atoms with Crippen molar-refractivity contribution in [1.29, 1.82) is 0 Å². The summed E-state index contributed by atoms with van der Waals surface area (Å²) in [6.07, 6.45) is -2.85. The van der Waals surface area contributed by atoms with Gasteiger partial charge in [-0.25, -0.2) is 0 Å². The fraction of sp³-hybridized carbons (Fsp3) is 0.182. The minimum Gasteiger partial charge on any atom is -0.385 e. The molecule has 0 spiro atoms. The van der Waals surface area contributed by atoms with Gasteiger partial charge in [-0.05, 0) is 16.8 Å². The van der Waals surface area contributed by atoms with Crippen LogP contribution in [-0.4, -0.2) is 22.2 Å². The molecule has 0 aliphatic carbocycles. The molecule has 5 heteroatoms. The number of amides is 1. The summed E-state index contributed by atoms with van der Waals surface area (Å²) >= 11 is 1.45. The zero-order chi connectivity index (χ0) is 11.7. The molecule has 1 aromatic heterocycles. The molecule has 0 bridgehead atoms. The van der Waals surface area contributed by atoms with Crippen molar-refractivity contribution in [3.8, 4) is 0 Å². The van der Waals surface area contributed by atoms with Gasteiger partial charge in [-0.1, -0.05) is 18.2 Å². The molecule has 2 aromatic rings. The lowest BCUT2D eigenvalue weighted by Crippen LogP contribution is -2.33. The van der Waals surface area contributed by atoms with Crippen molar-refractivity contribution in [1.82, 2.24) is 0 Å². The predicted octanol–water partition coefficient (Wildman–Crippen LogP) is 0.781. The van der Waals surface area contributed by atoms with E-state index in [-0.39, 0.29) is 0 Å². The van der Waals surface area contributed by atoms with E-state index in [1.54, 1.807) is 12.1 Å². The van der Waals surface area contributed by atoms with Crippen LogP contribution in [-0.2, 0) is 4.79 Å². The smallest absolute Gasteiger partial charge is 0.249 e. The highest BCUT2D eigenvalue weighted by molar-refractivity contribution is 7.17. The molecule has 0 saturated heterocycles. The standard InChI is InChI=1S/C11H11NO3S/c12-11(15)9(14)8(13)7-3-1-2-6-4-5-16-10(6)7/h1-5,8-9,13-14H,(H2,12,15). The quantitative estimate of drug-likeness (QED) is 0.737. The molecule has 2 rings (SSSR count). The van der Waals surface area contributed by atoms with E-state index in [4.69, 9.17) is 5.73 Å². The maximum absolute atomic E-state index is 10.8. The maximum atomic E-state index is 10.8. The van der Waals surface area contributed by atoms with Gasteiger partial charge in [0.2, 0.25) is 5.91 Å². The number of hydrogen-bond acceptors (Lipinski definition) is 4. The summed E-state index contributed by atoms with van der Waals surface area (Å²) in [7, 11) is 0. The topological polar surface area (TPSA) is 83.6 Å². The van der Waals surface area contributed by atoms with Crippen LogP contribution in [0.2, 0.25) is 0 Å². The normalized spacial score (nSPS) is 14.9. The third kappa shape index (κ3) is 1.80. The minimum absolute atomic E-state index is 0.527. The predicted molar refractivity (Wildman–Crippen MR) is 62.0 cm³/mol. The monoisotopic (exact) mass is 237 g/mol. The van der Waals surface area contributed by atoms with Crippen LogP contribution in [0.25, 0.3) is 10.1 Å². The van der Waals surface area contributed by atoms with Crippen molar-refractivity contribution in [2.45, 2.75) is 12.2 Å². The molecule has 2 unspecified atom stereocenters. The second-order valence-corrected chi connectivity index (χ2v) is 4.39. The SMILES string of the molecule is NC(=O)C(O)C(O)c1cccc2ccsc12. The molecule has 0 aliphatic rings. The number of aliphatic hydroxyl groups excluding tert-OH is 2. The van der Waals surface area contributed by atoms with Crippen molar-refractivity contribution in [3.63, 3.8) is 0 Å². The molecular formula is C11H11NO3S. The Morgan fingerprint density at radius 1 is 1.31 bits per heavy atom. The number of carbonyl (C=O) groups excluding carboxylic acids is 1. The van der Waals surface area contributed by atoms with Gasteiger partial charge in [0.15, 0.2) is 6.10 Å². The third-order valence-electron chi connectivity index (χ3n) is 2.42. The van der Waals surface area contributed by atoms with Gasteiger partial charge in [0.25, 0.3) is 0 Å². The molecule has 16 heavy (non-hydrogen) atoms. The number of aliphatic hydroxyl groups is 2. The minimum atomic E-state index is -1.58. The lowest BCUT2D eigenvalue weighted by Gasteiger charge is -2.15. The van der Waals surface area contributed by atoms with Gasteiger partial charge in [0.1, 0.15) is 6.10 Å². The fourth-order valence-electron chi connectivity index (χ4n) is 1.57. The van der Waals surface area contributed by atoms with E-state index in [1.165, 1.54) is 11.3 Å². The molecule has 0 aliphatic heterocycles. The van der Waals surface area contributed by atoms with Crippen LogP contribution in [0.1, 0.15) is 11.7 Å². The summed E-state index contributed by atoms with van der Waals surface area (Å²) in [5, 5.41) is 22.1. The largest absolute Gasteiger partial charge is 0.385 e. The first-order valence-corrected chi connectivity index (χ1v) is 5.61. The van der Waals surface area contributed by atoms with Crippen molar-refractivity contribution in [2.24, 2.45) is 5.73 Å². The Hall–Kier alpha value is -1.43. The lowest BCUT2D eigenvalue weighted by molar-refractivity contribution is -0.131. The van der Waals surface area contributed by atoms with Crippen LogP contribution in [0.5, 0.6) is 0 Å². The molecule has 1 amide bonds. The molecule has 4 nitrogen and oxygen atoms in total. The fourth-order valence-corrected chi connectivity index (χ4v) is 2.52. The van der Waals surface area contributed by atoms with E-state index >= 15 is 0 Å². The summed E-state index contributed by atoms with van der Waals surface area (Å²) in [6.45, 7) is 0. The first-order valence-electron chi connectivity index (χ1n) is 4.73. The van der Waals surface area contributed by atoms with E-state index in [2.05, 4.69) is 0 Å². The van der Waals surface area contributed by atoms with Crippen molar-refractivity contribution in [2.75, 3.05) is 0 Å². The van der Waals surface area contributed by atoms with Gasteiger partial charge in [0.05, 0.1) is 0 Å². The highest BCUT2D eigenvalue weighted by Gasteiger charge is 2.25. The average molecular weight is 237 g/mol. The Labute approximate surface area is 95.9 Å². The summed E-state index contributed by atoms with van der Waals surface area (Å²) in [4.78, 5) is 10.8. The zero-order valence-electron chi connectivity index (χ0n) is 8.33. The number of fused-ring (bicyclic) bond motifs is 1. The molecular weight excluding hydrogens is 226 g/mol. The molecule has 0 fully saturated rings. The van der Waals surface area contributed by atoms with E-state index in [0.29, 0.717) is 5.56 Å². The number of carbonyl (C=O) groups is 1. The van der Waals surface area contributed by atoms with Crippen LogP contribution in [0.15, 0.2) is 29.6 Å². The summed E-state index contributed by atoms with van der Waals surface area (Å²) < 4.78 is 0.857. The number of benzene rings is 1. The number of nitrogens with two attached hydrogens (primary N) is 1. The zero-order valence-corrected chi connectivity index (χ0v) is 9.15. The highest BCUT2D eigenvalue weighted by Crippen LogP contribution is 2.30. The van der Waals surface area contributed by atoms with E-state index in [1.807, 2.05) is 17.5 Å². The molecule has 0 saturated carbocycles. The number of rotatable bonds is 3. The van der Waals surface area contributed by atoms with Gasteiger partial charge in [-0.3, -0.25) is 4.79 Å². The van der Waals surface area contributed by atoms with E-state index in [9.17, 15) is 15.0 Å². The first-order chi connectivity index (χ1) is 7.61. The van der Waals surface area contributed by atoms with Crippen molar-refractivity contribution < 1.29 is 15.0 Å². The number of hydrogen-bond donors (Lipinski definition) is 3. The van der Waals surface area contributed by atoms with Crippen molar-refractivity contribution >= 4 is 27.3 Å². The Morgan fingerprint density at radius 2 is 2.06 bits per heavy atom. The second-order valence-electron chi connectivity index (χ2n) is 3.48. The number of primary amides is 1. The van der Waals surface area contributed by atoms with Crippen molar-refractivity contribution in [3.05, 3.63) is 35.2 Å². The average Bonchev–Trinajstić information content (AvgIpc) is 2.74. The molecule has 1 aromatic carbocycles. The Balaban J connectivity index is 2.46. The Kier molecular flexibility index (Phi) is 2.91. The van der Waals surface area contributed by atoms with Crippen LogP contribution >= 0.6 is 11.3 Å². The molecule has 84 valence electrons. The molecule has 0 radical (unpaired) electrons. The summed E-state index contributed by atoms with van der Waals surface area (Å²) in [5.41, 5.74) is 5.47. The first kappa shape index (κ1) is 11.1. The van der Waals surface area contributed by atoms with Gasteiger partial charge >= 0.3 is 0 Å². The Morgan fingerprint density at radius 3 is 2.75 bits per heavy atom. The number of thiophene rings is 1. The Bertz CT molecular complexity index is 523. The maximum Gasteiger partial charge on any atom is 0.249 e. The van der Waals surface area contributed by atoms with Gasteiger partial charge < -0.3 is 15.9 Å². The lowest BCUT2D eigenvalue weighted by atomic mass is 10.0. The van der Waals surface area contributed by atoms with E-state index < -0.39 is 18.1 Å². The summed E-state index contributed by atoms with van der Waals surface area (Å²) in [5.74, 6) is -0.930. The van der Waals surface area contributed by atoms with E-state index in [0.717, 1.165) is 10.1 Å². The molecule has 1 heterocycles. The second kappa shape index (κ2) is 4.21. The van der Waals surface area contributed by atoms with Gasteiger partial charge in [0, 0.05) is 10.3 Å². The van der Waals surface area contributed by atoms with Crippen LogP contribution in [0.4, 0.5) is 0 Å². The van der Waals surface area contributed by atoms with Gasteiger partial charge in [-0.2, -0.15) is 0 Å². The summed E-state index contributed by atoms with van der Waals surface area (Å²) in [6, 6.07) is 7.25. The highest BCUT2D eigenvalue weighted by atomic mass is 32.1. The third-order valence-corrected chi connectivity index (χ3v) is 3.40. The van der Waals surface area contributed by atoms with Crippen LogP contribution < -0.4 is 5.73 Å². The van der Waals surface area contributed by atoms with Gasteiger partial charge in [-0.15, -0.1) is 11.3 Å². The molecule has 4 N–H and O–H groups in total. The molecule has 2 atom stereocenters.